The van der Waals surface area contributed by atoms with Gasteiger partial charge in [0.2, 0.25) is 5.91 Å². The van der Waals surface area contributed by atoms with Crippen LogP contribution in [0, 0.1) is 12.8 Å². The minimum Gasteiger partial charge on any atom is -0.339 e. The minimum absolute atomic E-state index is 0.0847. The van der Waals surface area contributed by atoms with E-state index in [0.717, 1.165) is 60.9 Å². The summed E-state index contributed by atoms with van der Waals surface area (Å²) in [6, 6.07) is 17.8. The van der Waals surface area contributed by atoms with E-state index in [1.54, 1.807) is 12.4 Å². The molecule has 0 atom stereocenters. The molecule has 1 saturated heterocycles. The maximum atomic E-state index is 12.5. The molecule has 0 aliphatic carbocycles. The number of aromatic nitrogens is 3. The summed E-state index contributed by atoms with van der Waals surface area (Å²) in [5, 5.41) is 3.25. The molecule has 0 spiro atoms. The van der Waals surface area contributed by atoms with E-state index in [1.165, 1.54) is 0 Å². The van der Waals surface area contributed by atoms with Crippen LogP contribution in [0.5, 0.6) is 0 Å². The van der Waals surface area contributed by atoms with Gasteiger partial charge < -0.3 is 10.2 Å². The number of anilines is 2. The molecule has 6 heteroatoms. The molecule has 1 aliphatic rings. The van der Waals surface area contributed by atoms with E-state index < -0.39 is 0 Å². The van der Waals surface area contributed by atoms with Crippen molar-refractivity contribution in [2.45, 2.75) is 26.2 Å². The molecule has 31 heavy (non-hydrogen) atoms. The van der Waals surface area contributed by atoms with E-state index in [9.17, 15) is 4.79 Å². The fourth-order valence-corrected chi connectivity index (χ4v) is 3.81. The van der Waals surface area contributed by atoms with Gasteiger partial charge in [-0.15, -0.1) is 0 Å². The second kappa shape index (κ2) is 9.98. The zero-order valence-electron chi connectivity index (χ0n) is 17.7. The highest BCUT2D eigenvalue weighted by molar-refractivity contribution is 5.91. The summed E-state index contributed by atoms with van der Waals surface area (Å²) in [4.78, 5) is 27.6. The Morgan fingerprint density at radius 3 is 2.65 bits per heavy atom. The summed E-state index contributed by atoms with van der Waals surface area (Å²) in [7, 11) is 0. The van der Waals surface area contributed by atoms with Crippen molar-refractivity contribution in [3.8, 4) is 0 Å². The van der Waals surface area contributed by atoms with Crippen LogP contribution in [0.2, 0.25) is 0 Å². The van der Waals surface area contributed by atoms with Crippen molar-refractivity contribution in [1.29, 1.82) is 0 Å². The third-order valence-electron chi connectivity index (χ3n) is 5.51. The molecule has 2 aromatic heterocycles. The van der Waals surface area contributed by atoms with Crippen molar-refractivity contribution in [3.05, 3.63) is 84.0 Å². The first-order chi connectivity index (χ1) is 15.2. The Kier molecular flexibility index (Phi) is 6.67. The summed E-state index contributed by atoms with van der Waals surface area (Å²) < 4.78 is 0. The van der Waals surface area contributed by atoms with Crippen molar-refractivity contribution in [1.82, 2.24) is 19.9 Å². The van der Waals surface area contributed by atoms with E-state index in [-0.39, 0.29) is 5.91 Å². The minimum atomic E-state index is 0.0847. The quantitative estimate of drug-likeness (QED) is 0.606. The lowest BCUT2D eigenvalue weighted by atomic mass is 9.92. The molecule has 0 bridgehead atoms. The first-order valence-electron chi connectivity index (χ1n) is 10.7. The second-order valence-corrected chi connectivity index (χ2v) is 7.90. The lowest BCUT2D eigenvalue weighted by molar-refractivity contribution is -0.127. The number of benzene rings is 1. The van der Waals surface area contributed by atoms with E-state index in [4.69, 9.17) is 0 Å². The highest BCUT2D eigenvalue weighted by atomic mass is 16.2. The lowest BCUT2D eigenvalue weighted by Crippen LogP contribution is -2.38. The Morgan fingerprint density at radius 1 is 1.06 bits per heavy atom. The molecule has 1 aromatic carbocycles. The van der Waals surface area contributed by atoms with Crippen molar-refractivity contribution >= 4 is 23.6 Å². The number of rotatable bonds is 6. The van der Waals surface area contributed by atoms with E-state index in [2.05, 4.69) is 20.3 Å². The molecular formula is C25H27N5O. The molecule has 1 aliphatic heterocycles. The van der Waals surface area contributed by atoms with Crippen LogP contribution in [0.25, 0.3) is 6.08 Å². The van der Waals surface area contributed by atoms with E-state index in [1.807, 2.05) is 72.5 Å². The molecule has 0 saturated carbocycles. The van der Waals surface area contributed by atoms with Crippen LogP contribution in [0.4, 0.5) is 11.6 Å². The van der Waals surface area contributed by atoms with Gasteiger partial charge in [-0.1, -0.05) is 36.4 Å². The summed E-state index contributed by atoms with van der Waals surface area (Å²) in [6.07, 6.45) is 8.01. The average molecular weight is 414 g/mol. The fraction of sp³-hybridized carbons (Fsp3) is 0.280. The van der Waals surface area contributed by atoms with Crippen molar-refractivity contribution < 1.29 is 4.79 Å². The van der Waals surface area contributed by atoms with Crippen molar-refractivity contribution in [3.63, 3.8) is 0 Å². The van der Waals surface area contributed by atoms with Gasteiger partial charge in [0.1, 0.15) is 18.0 Å². The van der Waals surface area contributed by atoms with Gasteiger partial charge in [-0.2, -0.15) is 0 Å². The molecule has 1 fully saturated rings. The van der Waals surface area contributed by atoms with Crippen LogP contribution < -0.4 is 5.32 Å². The number of hydrogen-bond acceptors (Lipinski definition) is 5. The predicted molar refractivity (Wildman–Crippen MR) is 123 cm³/mol. The molecule has 3 aromatic rings. The van der Waals surface area contributed by atoms with Gasteiger partial charge in [0.15, 0.2) is 0 Å². The Bertz CT molecular complexity index is 1040. The summed E-state index contributed by atoms with van der Waals surface area (Å²) in [5.41, 5.74) is 3.01. The number of aryl methyl sites for hydroxylation is 1. The number of amides is 1. The largest absolute Gasteiger partial charge is 0.339 e. The highest BCUT2D eigenvalue weighted by Gasteiger charge is 2.22. The molecule has 0 unspecified atom stereocenters. The van der Waals surface area contributed by atoms with Crippen molar-refractivity contribution in [2.75, 3.05) is 18.4 Å². The first-order valence-corrected chi connectivity index (χ1v) is 10.7. The smallest absolute Gasteiger partial charge is 0.246 e. The van der Waals surface area contributed by atoms with Crippen LogP contribution in [0.15, 0.2) is 67.0 Å². The Hall–Kier alpha value is -3.54. The van der Waals surface area contributed by atoms with Gasteiger partial charge in [0, 0.05) is 36.6 Å². The van der Waals surface area contributed by atoms with Crippen molar-refractivity contribution in [2.24, 2.45) is 5.92 Å². The first kappa shape index (κ1) is 20.7. The van der Waals surface area contributed by atoms with Gasteiger partial charge in [-0.3, -0.25) is 4.79 Å². The molecular weight excluding hydrogens is 386 g/mol. The number of likely N-dealkylation sites (tertiary alicyclic amines) is 1. The number of hydrogen-bond donors (Lipinski definition) is 1. The van der Waals surface area contributed by atoms with Gasteiger partial charge in [-0.25, -0.2) is 15.0 Å². The number of carbonyl (C=O) groups excluding carboxylic acids is 1. The number of carbonyl (C=O) groups is 1. The van der Waals surface area contributed by atoms with Crippen LogP contribution >= 0.6 is 0 Å². The van der Waals surface area contributed by atoms with Gasteiger partial charge in [0.25, 0.3) is 0 Å². The van der Waals surface area contributed by atoms with Gasteiger partial charge >= 0.3 is 0 Å². The summed E-state index contributed by atoms with van der Waals surface area (Å²) >= 11 is 0. The zero-order valence-corrected chi connectivity index (χ0v) is 17.7. The SMILES string of the molecule is Cc1cccc(Nc2cc(CC3CCN(C(=O)/C=C/c4ccccc4)CC3)ncn2)n1. The molecule has 158 valence electrons. The molecule has 0 radical (unpaired) electrons. The standard InChI is InChI=1S/C25H27N5O/c1-19-6-5-9-23(28-19)29-24-17-22(26-18-27-24)16-21-12-14-30(15-13-21)25(31)11-10-20-7-3-2-4-8-20/h2-11,17-18,21H,12-16H2,1H3,(H,26,27,28,29)/b11-10+. The molecule has 6 nitrogen and oxygen atoms in total. The number of piperidine rings is 1. The summed E-state index contributed by atoms with van der Waals surface area (Å²) in [6.45, 7) is 3.53. The molecule has 3 heterocycles. The normalized spacial score (nSPS) is 14.7. The van der Waals surface area contributed by atoms with Gasteiger partial charge in [0.05, 0.1) is 0 Å². The van der Waals surface area contributed by atoms with Crippen LogP contribution in [-0.4, -0.2) is 38.8 Å². The topological polar surface area (TPSA) is 71.0 Å². The maximum Gasteiger partial charge on any atom is 0.246 e. The summed E-state index contributed by atoms with van der Waals surface area (Å²) in [5.74, 6) is 2.13. The third-order valence-corrected chi connectivity index (χ3v) is 5.51. The molecule has 4 rings (SSSR count). The maximum absolute atomic E-state index is 12.5. The Balaban J connectivity index is 1.29. The predicted octanol–water partition coefficient (Wildman–Crippen LogP) is 4.42. The molecule has 1 N–H and O–H groups in total. The number of nitrogens with one attached hydrogen (secondary N) is 1. The van der Waals surface area contributed by atoms with E-state index in [0.29, 0.717) is 5.92 Å². The molecule has 1 amide bonds. The Morgan fingerprint density at radius 2 is 1.87 bits per heavy atom. The van der Waals surface area contributed by atoms with Gasteiger partial charge in [-0.05, 0) is 55.9 Å². The van der Waals surface area contributed by atoms with Crippen LogP contribution in [-0.2, 0) is 11.2 Å². The number of nitrogens with zero attached hydrogens (tertiary/aromatic N) is 4. The lowest BCUT2D eigenvalue weighted by Gasteiger charge is -2.31. The fourth-order valence-electron chi connectivity index (χ4n) is 3.81. The van der Waals surface area contributed by atoms with E-state index >= 15 is 0 Å². The third kappa shape index (κ3) is 5.98. The average Bonchev–Trinajstić information content (AvgIpc) is 2.79. The van der Waals surface area contributed by atoms with Crippen LogP contribution in [0.3, 0.4) is 0 Å². The number of pyridine rings is 1. The van der Waals surface area contributed by atoms with Crippen LogP contribution in [0.1, 0.15) is 29.8 Å². The highest BCUT2D eigenvalue weighted by Crippen LogP contribution is 2.22. The Labute approximate surface area is 183 Å². The monoisotopic (exact) mass is 413 g/mol. The second-order valence-electron chi connectivity index (χ2n) is 7.90. The zero-order chi connectivity index (χ0) is 21.5.